The third-order valence-electron chi connectivity index (χ3n) is 3.07. The lowest BCUT2D eigenvalue weighted by Crippen LogP contribution is -2.16. The van der Waals surface area contributed by atoms with Crippen LogP contribution in [0.5, 0.6) is 11.5 Å². The maximum Gasteiger partial charge on any atom is 0.259 e. The topological polar surface area (TPSA) is 108 Å². The summed E-state index contributed by atoms with van der Waals surface area (Å²) in [5.74, 6) is 0.284. The molecule has 122 valence electrons. The molecule has 2 aromatic carbocycles. The van der Waals surface area contributed by atoms with E-state index in [-0.39, 0.29) is 16.2 Å². The number of sulfonamides is 1. The van der Waals surface area contributed by atoms with Crippen molar-refractivity contribution in [2.75, 3.05) is 19.5 Å². The fraction of sp³-hybridized carbons (Fsp3) is 0.133. The summed E-state index contributed by atoms with van der Waals surface area (Å²) in [5.41, 5.74) is 0.555. The van der Waals surface area contributed by atoms with Crippen molar-refractivity contribution in [3.63, 3.8) is 0 Å². The molecule has 0 fully saturated rings. The van der Waals surface area contributed by atoms with Crippen LogP contribution in [0.15, 0.2) is 47.4 Å². The average molecular weight is 336 g/mol. The first-order chi connectivity index (χ1) is 10.8. The van der Waals surface area contributed by atoms with Crippen molar-refractivity contribution in [1.82, 2.24) is 0 Å². The van der Waals surface area contributed by atoms with E-state index in [2.05, 4.69) is 5.32 Å². The van der Waals surface area contributed by atoms with E-state index in [1.54, 1.807) is 24.3 Å². The van der Waals surface area contributed by atoms with Crippen LogP contribution in [-0.4, -0.2) is 28.5 Å². The van der Waals surface area contributed by atoms with Crippen LogP contribution in [0.25, 0.3) is 0 Å². The van der Waals surface area contributed by atoms with Gasteiger partial charge in [0.25, 0.3) is 5.91 Å². The van der Waals surface area contributed by atoms with Gasteiger partial charge in [-0.3, -0.25) is 4.79 Å². The van der Waals surface area contributed by atoms with E-state index in [1.165, 1.54) is 32.4 Å². The molecule has 0 saturated heterocycles. The summed E-state index contributed by atoms with van der Waals surface area (Å²) < 4.78 is 33.1. The molecule has 0 unspecified atom stereocenters. The van der Waals surface area contributed by atoms with Gasteiger partial charge >= 0.3 is 0 Å². The largest absolute Gasteiger partial charge is 0.497 e. The number of anilines is 1. The van der Waals surface area contributed by atoms with Crippen LogP contribution in [0.3, 0.4) is 0 Å². The number of carbonyl (C=O) groups excluding carboxylic acids is 1. The van der Waals surface area contributed by atoms with Gasteiger partial charge in [0.05, 0.1) is 24.7 Å². The number of hydrogen-bond acceptors (Lipinski definition) is 5. The predicted molar refractivity (Wildman–Crippen MR) is 85.3 cm³/mol. The minimum absolute atomic E-state index is 0.0573. The molecule has 0 aliphatic heterocycles. The van der Waals surface area contributed by atoms with Crippen molar-refractivity contribution >= 4 is 21.6 Å². The number of benzene rings is 2. The molecule has 7 nitrogen and oxygen atoms in total. The number of amides is 1. The molecular formula is C15H16N2O5S. The van der Waals surface area contributed by atoms with Gasteiger partial charge in [-0.15, -0.1) is 0 Å². The molecule has 0 spiro atoms. The van der Waals surface area contributed by atoms with E-state index in [0.29, 0.717) is 11.4 Å². The Morgan fingerprint density at radius 1 is 1.09 bits per heavy atom. The highest BCUT2D eigenvalue weighted by Gasteiger charge is 2.17. The van der Waals surface area contributed by atoms with Crippen molar-refractivity contribution in [3.05, 3.63) is 48.0 Å². The standard InChI is InChI=1S/C15H16N2O5S/c1-21-11-5-3-4-10(8-11)17-15(18)13-9-12(23(16,19)20)6-7-14(13)22-2/h3-9H,1-2H3,(H,17,18)(H2,16,19,20). The molecule has 23 heavy (non-hydrogen) atoms. The Balaban J connectivity index is 2.37. The molecule has 2 rings (SSSR count). The molecule has 3 N–H and O–H groups in total. The van der Waals surface area contributed by atoms with Crippen molar-refractivity contribution in [1.29, 1.82) is 0 Å². The van der Waals surface area contributed by atoms with E-state index in [0.717, 1.165) is 0 Å². The monoisotopic (exact) mass is 336 g/mol. The third-order valence-corrected chi connectivity index (χ3v) is 3.98. The van der Waals surface area contributed by atoms with Gasteiger partial charge in [-0.25, -0.2) is 13.6 Å². The average Bonchev–Trinajstić information content (AvgIpc) is 2.53. The first kappa shape index (κ1) is 16.8. The zero-order valence-corrected chi connectivity index (χ0v) is 13.4. The molecule has 0 radical (unpaired) electrons. The highest BCUT2D eigenvalue weighted by Crippen LogP contribution is 2.24. The number of hydrogen-bond donors (Lipinski definition) is 2. The van der Waals surface area contributed by atoms with Crippen LogP contribution in [0.2, 0.25) is 0 Å². The highest BCUT2D eigenvalue weighted by atomic mass is 32.2. The lowest BCUT2D eigenvalue weighted by atomic mass is 10.2. The molecule has 0 aromatic heterocycles. The Morgan fingerprint density at radius 2 is 1.83 bits per heavy atom. The molecule has 0 atom stereocenters. The molecule has 0 aliphatic carbocycles. The Labute approximate surface area is 134 Å². The summed E-state index contributed by atoms with van der Waals surface area (Å²) in [4.78, 5) is 12.2. The smallest absolute Gasteiger partial charge is 0.259 e. The zero-order chi connectivity index (χ0) is 17.0. The van der Waals surface area contributed by atoms with Crippen LogP contribution in [-0.2, 0) is 10.0 Å². The Bertz CT molecular complexity index is 834. The molecule has 0 saturated carbocycles. The van der Waals surface area contributed by atoms with Crippen molar-refractivity contribution in [2.45, 2.75) is 4.90 Å². The highest BCUT2D eigenvalue weighted by molar-refractivity contribution is 7.89. The minimum Gasteiger partial charge on any atom is -0.497 e. The second-order valence-electron chi connectivity index (χ2n) is 4.59. The van der Waals surface area contributed by atoms with E-state index < -0.39 is 15.9 Å². The molecular weight excluding hydrogens is 320 g/mol. The quantitative estimate of drug-likeness (QED) is 0.862. The molecule has 2 aromatic rings. The van der Waals surface area contributed by atoms with Crippen molar-refractivity contribution in [3.8, 4) is 11.5 Å². The van der Waals surface area contributed by atoms with Crippen LogP contribution in [0, 0.1) is 0 Å². The van der Waals surface area contributed by atoms with Gasteiger partial charge < -0.3 is 14.8 Å². The SMILES string of the molecule is COc1cccc(NC(=O)c2cc(S(N)(=O)=O)ccc2OC)c1. The second-order valence-corrected chi connectivity index (χ2v) is 6.15. The molecule has 8 heteroatoms. The van der Waals surface area contributed by atoms with Gasteiger partial charge in [0, 0.05) is 11.8 Å². The second kappa shape index (κ2) is 6.67. The fourth-order valence-corrected chi connectivity index (χ4v) is 2.48. The first-order valence-electron chi connectivity index (χ1n) is 6.51. The number of primary sulfonamides is 1. The Hall–Kier alpha value is -2.58. The number of nitrogens with one attached hydrogen (secondary N) is 1. The van der Waals surface area contributed by atoms with Crippen molar-refractivity contribution < 1.29 is 22.7 Å². The van der Waals surface area contributed by atoms with Gasteiger partial charge in [0.15, 0.2) is 0 Å². The van der Waals surface area contributed by atoms with E-state index in [4.69, 9.17) is 14.6 Å². The predicted octanol–water partition coefficient (Wildman–Crippen LogP) is 1.60. The lowest BCUT2D eigenvalue weighted by Gasteiger charge is -2.11. The van der Waals surface area contributed by atoms with E-state index in [9.17, 15) is 13.2 Å². The van der Waals surface area contributed by atoms with Crippen LogP contribution in [0.1, 0.15) is 10.4 Å². The summed E-state index contributed by atoms with van der Waals surface area (Å²) in [6.07, 6.45) is 0. The van der Waals surface area contributed by atoms with Crippen molar-refractivity contribution in [2.24, 2.45) is 5.14 Å². The maximum absolute atomic E-state index is 12.4. The lowest BCUT2D eigenvalue weighted by molar-refractivity contribution is 0.102. The summed E-state index contributed by atoms with van der Waals surface area (Å²) >= 11 is 0. The number of methoxy groups -OCH3 is 2. The fourth-order valence-electron chi connectivity index (χ4n) is 1.94. The Morgan fingerprint density at radius 3 is 2.43 bits per heavy atom. The molecule has 0 heterocycles. The van der Waals surface area contributed by atoms with Crippen LogP contribution in [0.4, 0.5) is 5.69 Å². The summed E-state index contributed by atoms with van der Waals surface area (Å²) in [6.45, 7) is 0. The summed E-state index contributed by atoms with van der Waals surface area (Å²) in [6, 6.07) is 10.6. The van der Waals surface area contributed by atoms with E-state index in [1.807, 2.05) is 0 Å². The zero-order valence-electron chi connectivity index (χ0n) is 12.6. The van der Waals surface area contributed by atoms with Crippen LogP contribution >= 0.6 is 0 Å². The third kappa shape index (κ3) is 3.99. The van der Waals surface area contributed by atoms with Gasteiger partial charge in [-0.05, 0) is 30.3 Å². The number of rotatable bonds is 5. The molecule has 1 amide bonds. The normalized spacial score (nSPS) is 10.9. The Kier molecular flexibility index (Phi) is 4.87. The van der Waals surface area contributed by atoms with Gasteiger partial charge in [-0.1, -0.05) is 6.07 Å². The minimum atomic E-state index is -3.92. The number of carbonyl (C=O) groups is 1. The summed E-state index contributed by atoms with van der Waals surface area (Å²) in [5, 5.41) is 7.74. The van der Waals surface area contributed by atoms with Gasteiger partial charge in [0.1, 0.15) is 11.5 Å². The van der Waals surface area contributed by atoms with E-state index >= 15 is 0 Å². The van der Waals surface area contributed by atoms with Crippen LogP contribution < -0.4 is 19.9 Å². The van der Waals surface area contributed by atoms with Gasteiger partial charge in [-0.2, -0.15) is 0 Å². The molecule has 0 aliphatic rings. The molecule has 0 bridgehead atoms. The first-order valence-corrected chi connectivity index (χ1v) is 8.06. The summed E-state index contributed by atoms with van der Waals surface area (Å²) in [7, 11) is -1.03. The van der Waals surface area contributed by atoms with Gasteiger partial charge in [0.2, 0.25) is 10.0 Å². The number of ether oxygens (including phenoxy) is 2. The maximum atomic E-state index is 12.4. The number of nitrogens with two attached hydrogens (primary N) is 1.